The zero-order valence-electron chi connectivity index (χ0n) is 11.2. The van der Waals surface area contributed by atoms with Gasteiger partial charge in [-0.1, -0.05) is 0 Å². The molecule has 0 saturated carbocycles. The number of nitrogens with one attached hydrogen (secondary N) is 1. The van der Waals surface area contributed by atoms with E-state index in [9.17, 15) is 14.7 Å². The van der Waals surface area contributed by atoms with E-state index < -0.39 is 30.4 Å². The van der Waals surface area contributed by atoms with Crippen LogP contribution in [0.15, 0.2) is 22.8 Å². The molecule has 0 spiro atoms. The number of amides is 1. The zero-order valence-corrected chi connectivity index (χ0v) is 11.2. The van der Waals surface area contributed by atoms with Crippen molar-refractivity contribution < 1.29 is 19.7 Å². The van der Waals surface area contributed by atoms with Crippen LogP contribution in [0.25, 0.3) is 11.0 Å². The van der Waals surface area contributed by atoms with E-state index in [1.807, 2.05) is 0 Å². The summed E-state index contributed by atoms with van der Waals surface area (Å²) in [6.45, 7) is -0.420. The molecular formula is C12H13N5O5. The molecule has 1 amide bonds. The number of nitrogens with two attached hydrogens (primary N) is 2. The first kappa shape index (κ1) is 14.1. The maximum Gasteiger partial charge on any atom is 0.262 e. The molecule has 0 saturated heterocycles. The Morgan fingerprint density at radius 2 is 2.27 bits per heavy atom. The van der Waals surface area contributed by atoms with Crippen molar-refractivity contribution in [3.8, 4) is 0 Å². The molecule has 1 aliphatic heterocycles. The van der Waals surface area contributed by atoms with Gasteiger partial charge in [-0.25, -0.2) is 0 Å². The number of nitrogen functional groups attached to an aromatic ring is 1. The molecule has 0 fully saturated rings. The molecule has 3 rings (SSSR count). The lowest BCUT2D eigenvalue weighted by atomic mass is 10.2. The number of anilines is 1. The van der Waals surface area contributed by atoms with E-state index in [0.717, 1.165) is 0 Å². The third-order valence-electron chi connectivity index (χ3n) is 3.35. The molecular weight excluding hydrogens is 294 g/mol. The van der Waals surface area contributed by atoms with Crippen LogP contribution in [0.4, 0.5) is 5.95 Å². The number of rotatable bonds is 3. The van der Waals surface area contributed by atoms with Crippen LogP contribution >= 0.6 is 0 Å². The lowest BCUT2D eigenvalue weighted by Crippen LogP contribution is -2.18. The van der Waals surface area contributed by atoms with E-state index in [1.165, 1.54) is 16.8 Å². The van der Waals surface area contributed by atoms with Crippen LogP contribution < -0.4 is 17.0 Å². The van der Waals surface area contributed by atoms with Crippen molar-refractivity contribution in [1.82, 2.24) is 14.5 Å². The summed E-state index contributed by atoms with van der Waals surface area (Å²) in [7, 11) is 0. The Morgan fingerprint density at radius 1 is 1.55 bits per heavy atom. The van der Waals surface area contributed by atoms with Gasteiger partial charge in [0.15, 0.2) is 11.9 Å². The Morgan fingerprint density at radius 3 is 2.86 bits per heavy atom. The molecule has 2 aromatic rings. The van der Waals surface area contributed by atoms with Crippen molar-refractivity contribution >= 4 is 22.9 Å². The summed E-state index contributed by atoms with van der Waals surface area (Å²) in [4.78, 5) is 29.8. The van der Waals surface area contributed by atoms with Crippen LogP contribution in [-0.2, 0) is 4.74 Å². The molecule has 1 aliphatic rings. The van der Waals surface area contributed by atoms with Crippen LogP contribution in [0, 0.1) is 0 Å². The van der Waals surface area contributed by atoms with Gasteiger partial charge < -0.3 is 31.0 Å². The predicted molar refractivity (Wildman–Crippen MR) is 75.0 cm³/mol. The average Bonchev–Trinajstić information content (AvgIpc) is 2.99. The van der Waals surface area contributed by atoms with Gasteiger partial charge in [-0.2, -0.15) is 4.98 Å². The fourth-order valence-corrected chi connectivity index (χ4v) is 2.37. The van der Waals surface area contributed by atoms with E-state index >= 15 is 0 Å². The van der Waals surface area contributed by atoms with Gasteiger partial charge in [-0.05, 0) is 0 Å². The third-order valence-corrected chi connectivity index (χ3v) is 3.35. The van der Waals surface area contributed by atoms with E-state index in [2.05, 4.69) is 9.97 Å². The second-order valence-corrected chi connectivity index (χ2v) is 4.75. The number of primary amides is 1. The van der Waals surface area contributed by atoms with Gasteiger partial charge in [0, 0.05) is 12.3 Å². The minimum Gasteiger partial charge on any atom is -0.510 e. The van der Waals surface area contributed by atoms with Crippen LogP contribution in [-0.4, -0.2) is 43.4 Å². The first-order valence-corrected chi connectivity index (χ1v) is 6.29. The fourth-order valence-electron chi connectivity index (χ4n) is 2.37. The summed E-state index contributed by atoms with van der Waals surface area (Å²) >= 11 is 0. The Hall–Kier alpha value is -2.85. The van der Waals surface area contributed by atoms with Crippen molar-refractivity contribution in [2.75, 3.05) is 12.3 Å². The minimum absolute atomic E-state index is 0.0226. The first-order valence-electron chi connectivity index (χ1n) is 6.29. The highest BCUT2D eigenvalue weighted by molar-refractivity contribution is 6.05. The highest BCUT2D eigenvalue weighted by atomic mass is 16.5. The van der Waals surface area contributed by atoms with Gasteiger partial charge in [0.2, 0.25) is 5.95 Å². The summed E-state index contributed by atoms with van der Waals surface area (Å²) in [6, 6.07) is 0. The van der Waals surface area contributed by atoms with Crippen LogP contribution in [0.3, 0.4) is 0 Å². The monoisotopic (exact) mass is 307 g/mol. The van der Waals surface area contributed by atoms with Gasteiger partial charge in [-0.15, -0.1) is 0 Å². The van der Waals surface area contributed by atoms with Crippen molar-refractivity contribution in [1.29, 1.82) is 0 Å². The second-order valence-electron chi connectivity index (χ2n) is 4.75. The summed E-state index contributed by atoms with van der Waals surface area (Å²) in [6.07, 6.45) is 0.868. The largest absolute Gasteiger partial charge is 0.510 e. The number of aromatic amines is 1. The Balaban J connectivity index is 2.23. The number of aliphatic hydroxyl groups is 2. The lowest BCUT2D eigenvalue weighted by molar-refractivity contribution is -0.0214. The van der Waals surface area contributed by atoms with Crippen LogP contribution in [0.2, 0.25) is 0 Å². The molecule has 3 heterocycles. The number of H-pyrrole nitrogens is 1. The molecule has 22 heavy (non-hydrogen) atoms. The topological polar surface area (TPSA) is 169 Å². The highest BCUT2D eigenvalue weighted by Gasteiger charge is 2.30. The number of aliphatic hydroxyl groups excluding tert-OH is 2. The number of aromatic nitrogens is 3. The number of ether oxygens (including phenoxy) is 1. The van der Waals surface area contributed by atoms with Crippen molar-refractivity contribution in [3.05, 3.63) is 33.9 Å². The van der Waals surface area contributed by atoms with Crippen LogP contribution in [0.5, 0.6) is 0 Å². The number of nitrogens with zero attached hydrogens (tertiary/aromatic N) is 2. The number of hydrogen-bond acceptors (Lipinski definition) is 7. The van der Waals surface area contributed by atoms with E-state index in [0.29, 0.717) is 0 Å². The van der Waals surface area contributed by atoms with Gasteiger partial charge in [-0.3, -0.25) is 14.6 Å². The van der Waals surface area contributed by atoms with E-state index in [1.54, 1.807) is 0 Å². The fraction of sp³-hybridized carbons (Fsp3) is 0.250. The Bertz CT molecular complexity index is 851. The van der Waals surface area contributed by atoms with Gasteiger partial charge in [0.1, 0.15) is 11.9 Å². The smallest absolute Gasteiger partial charge is 0.262 e. The third kappa shape index (κ3) is 2.01. The Kier molecular flexibility index (Phi) is 3.11. The van der Waals surface area contributed by atoms with E-state index in [-0.39, 0.29) is 28.3 Å². The molecule has 0 radical (unpaired) electrons. The molecule has 10 heteroatoms. The molecule has 2 atom stereocenters. The quantitative estimate of drug-likeness (QED) is 0.471. The lowest BCUT2D eigenvalue weighted by Gasteiger charge is -2.14. The molecule has 0 aliphatic carbocycles. The summed E-state index contributed by atoms with van der Waals surface area (Å²) < 4.78 is 6.76. The second kappa shape index (κ2) is 4.86. The molecule has 0 bridgehead atoms. The predicted octanol–water partition coefficient (Wildman–Crippen LogP) is -1.26. The molecule has 116 valence electrons. The SMILES string of the molecule is NC(=O)c1cn(C2C=C(O)C(CO)O2)c2nc(N)[nH]c(=O)c12. The average molecular weight is 307 g/mol. The van der Waals surface area contributed by atoms with Gasteiger partial charge >= 0.3 is 0 Å². The van der Waals surface area contributed by atoms with Crippen molar-refractivity contribution in [2.45, 2.75) is 12.3 Å². The number of fused-ring (bicyclic) bond motifs is 1. The maximum absolute atomic E-state index is 12.0. The normalized spacial score (nSPS) is 21.2. The standard InChI is InChI=1S/C12H13N5O5/c13-9(20)4-2-17(7-1-5(19)6(3-18)22-7)10-8(4)11(21)16-12(14)15-10/h1-2,6-7,18-19H,3H2,(H2,13,20)(H3,14,15,16,21). The van der Waals surface area contributed by atoms with Gasteiger partial charge in [0.25, 0.3) is 11.5 Å². The van der Waals surface area contributed by atoms with Crippen molar-refractivity contribution in [2.24, 2.45) is 5.73 Å². The first-order chi connectivity index (χ1) is 10.4. The van der Waals surface area contributed by atoms with E-state index in [4.69, 9.17) is 21.3 Å². The summed E-state index contributed by atoms with van der Waals surface area (Å²) in [5.74, 6) is -1.11. The summed E-state index contributed by atoms with van der Waals surface area (Å²) in [5, 5.41) is 18.7. The number of hydrogen-bond donors (Lipinski definition) is 5. The van der Waals surface area contributed by atoms with Crippen molar-refractivity contribution in [3.63, 3.8) is 0 Å². The maximum atomic E-state index is 12.0. The highest BCUT2D eigenvalue weighted by Crippen LogP contribution is 2.29. The zero-order chi connectivity index (χ0) is 16.0. The molecule has 10 nitrogen and oxygen atoms in total. The Labute approximate surface area is 122 Å². The molecule has 2 aromatic heterocycles. The molecule has 0 aromatic carbocycles. The minimum atomic E-state index is -0.890. The summed E-state index contributed by atoms with van der Waals surface area (Å²) in [5.41, 5.74) is 10.2. The number of carbonyl (C=O) groups excluding carboxylic acids is 1. The molecule has 7 N–H and O–H groups in total. The molecule has 2 unspecified atom stereocenters. The van der Waals surface area contributed by atoms with Gasteiger partial charge in [0.05, 0.1) is 17.6 Å². The number of carbonyl (C=O) groups is 1. The van der Waals surface area contributed by atoms with Crippen LogP contribution in [0.1, 0.15) is 16.6 Å².